The fourth-order valence-electron chi connectivity index (χ4n) is 2.04. The molecule has 0 fully saturated rings. The van der Waals surface area contributed by atoms with Crippen LogP contribution in [0.5, 0.6) is 5.75 Å². The predicted molar refractivity (Wildman–Crippen MR) is 76.2 cm³/mol. The number of nitrogens with zero attached hydrogens (tertiary/aromatic N) is 2. The van der Waals surface area contributed by atoms with E-state index < -0.39 is 0 Å². The lowest BCUT2D eigenvalue weighted by molar-refractivity contribution is 0.414. The van der Waals surface area contributed by atoms with E-state index in [0.717, 1.165) is 18.7 Å². The highest BCUT2D eigenvalue weighted by Gasteiger charge is 2.05. The van der Waals surface area contributed by atoms with Gasteiger partial charge in [-0.25, -0.2) is 0 Å². The molecule has 1 aromatic carbocycles. The molecule has 1 unspecified atom stereocenters. The average Bonchev–Trinajstić information content (AvgIpc) is 2.83. The second-order valence-corrected chi connectivity index (χ2v) is 4.78. The molecular weight excluding hydrogens is 238 g/mol. The number of hydrogen-bond acceptors (Lipinski definition) is 3. The van der Waals surface area contributed by atoms with Gasteiger partial charge in [0.2, 0.25) is 0 Å². The molecule has 0 saturated heterocycles. The molecule has 1 atom stereocenters. The molecule has 1 N–H and O–H groups in total. The Labute approximate surface area is 114 Å². The molecule has 102 valence electrons. The summed E-state index contributed by atoms with van der Waals surface area (Å²) >= 11 is 0. The molecule has 0 aliphatic heterocycles. The fourth-order valence-corrected chi connectivity index (χ4v) is 2.04. The zero-order chi connectivity index (χ0) is 13.7. The van der Waals surface area contributed by atoms with Crippen LogP contribution in [0.2, 0.25) is 0 Å². The summed E-state index contributed by atoms with van der Waals surface area (Å²) in [4.78, 5) is 0. The van der Waals surface area contributed by atoms with Gasteiger partial charge in [-0.15, -0.1) is 0 Å². The minimum atomic E-state index is 0.420. The van der Waals surface area contributed by atoms with Crippen LogP contribution in [0.15, 0.2) is 36.5 Å². The zero-order valence-corrected chi connectivity index (χ0v) is 11.8. The highest BCUT2D eigenvalue weighted by Crippen LogP contribution is 2.12. The Morgan fingerprint density at radius 3 is 2.58 bits per heavy atom. The molecule has 0 aliphatic rings. The van der Waals surface area contributed by atoms with E-state index in [1.807, 2.05) is 36.1 Å². The molecule has 0 amide bonds. The number of rotatable bonds is 6. The quantitative estimate of drug-likeness (QED) is 0.864. The van der Waals surface area contributed by atoms with Crippen molar-refractivity contribution in [2.24, 2.45) is 7.05 Å². The van der Waals surface area contributed by atoms with Gasteiger partial charge in [0.1, 0.15) is 5.75 Å². The molecule has 0 saturated carbocycles. The standard InChI is InChI=1S/C15H21N3O/c1-12(16-11-14-8-9-17-18(14)2)10-13-4-6-15(19-3)7-5-13/h4-9,12,16H,10-11H2,1-3H3. The van der Waals surface area contributed by atoms with Gasteiger partial charge < -0.3 is 10.1 Å². The number of ether oxygens (including phenoxy) is 1. The fraction of sp³-hybridized carbons (Fsp3) is 0.400. The van der Waals surface area contributed by atoms with Crippen LogP contribution in [-0.2, 0) is 20.0 Å². The second-order valence-electron chi connectivity index (χ2n) is 4.78. The van der Waals surface area contributed by atoms with Gasteiger partial charge in [0, 0.05) is 25.8 Å². The van der Waals surface area contributed by atoms with Crippen molar-refractivity contribution in [3.05, 3.63) is 47.8 Å². The normalized spacial score (nSPS) is 12.4. The first-order valence-corrected chi connectivity index (χ1v) is 6.52. The Hall–Kier alpha value is -1.81. The van der Waals surface area contributed by atoms with Gasteiger partial charge in [-0.3, -0.25) is 4.68 Å². The molecule has 0 spiro atoms. The van der Waals surface area contributed by atoms with Crippen molar-refractivity contribution in [3.63, 3.8) is 0 Å². The van der Waals surface area contributed by atoms with E-state index in [-0.39, 0.29) is 0 Å². The van der Waals surface area contributed by atoms with Crippen molar-refractivity contribution in [1.82, 2.24) is 15.1 Å². The second kappa shape index (κ2) is 6.38. The van der Waals surface area contributed by atoms with Gasteiger partial charge in [-0.1, -0.05) is 12.1 Å². The zero-order valence-electron chi connectivity index (χ0n) is 11.8. The molecule has 2 aromatic rings. The number of methoxy groups -OCH3 is 1. The summed E-state index contributed by atoms with van der Waals surface area (Å²) in [5.41, 5.74) is 2.51. The Balaban J connectivity index is 1.83. The highest BCUT2D eigenvalue weighted by atomic mass is 16.5. The maximum absolute atomic E-state index is 5.16. The van der Waals surface area contributed by atoms with Crippen LogP contribution in [0.25, 0.3) is 0 Å². The van der Waals surface area contributed by atoms with E-state index >= 15 is 0 Å². The van der Waals surface area contributed by atoms with Crippen LogP contribution in [0.3, 0.4) is 0 Å². The third-order valence-corrected chi connectivity index (χ3v) is 3.26. The van der Waals surface area contributed by atoms with Gasteiger partial charge in [-0.05, 0) is 37.1 Å². The number of benzene rings is 1. The van der Waals surface area contributed by atoms with Crippen molar-refractivity contribution in [2.75, 3.05) is 7.11 Å². The largest absolute Gasteiger partial charge is 0.497 e. The third-order valence-electron chi connectivity index (χ3n) is 3.26. The Morgan fingerprint density at radius 2 is 2.00 bits per heavy atom. The molecule has 0 radical (unpaired) electrons. The number of aromatic nitrogens is 2. The molecule has 0 aliphatic carbocycles. The minimum absolute atomic E-state index is 0.420. The summed E-state index contributed by atoms with van der Waals surface area (Å²) in [5, 5.41) is 7.67. The Bertz CT molecular complexity index is 504. The summed E-state index contributed by atoms with van der Waals surface area (Å²) in [6.07, 6.45) is 2.83. The van der Waals surface area contributed by atoms with Crippen LogP contribution < -0.4 is 10.1 Å². The van der Waals surface area contributed by atoms with E-state index in [0.29, 0.717) is 6.04 Å². The van der Waals surface area contributed by atoms with E-state index in [4.69, 9.17) is 4.74 Å². The van der Waals surface area contributed by atoms with Crippen LogP contribution in [0, 0.1) is 0 Å². The predicted octanol–water partition coefficient (Wildman–Crippen LogP) is 2.15. The maximum atomic E-state index is 5.16. The van der Waals surface area contributed by atoms with Gasteiger partial charge >= 0.3 is 0 Å². The highest BCUT2D eigenvalue weighted by molar-refractivity contribution is 5.27. The summed E-state index contributed by atoms with van der Waals surface area (Å²) in [5.74, 6) is 0.902. The Morgan fingerprint density at radius 1 is 1.26 bits per heavy atom. The molecular formula is C15H21N3O. The number of aryl methyl sites for hydroxylation is 1. The average molecular weight is 259 g/mol. The molecule has 4 nitrogen and oxygen atoms in total. The maximum Gasteiger partial charge on any atom is 0.118 e. The summed E-state index contributed by atoms with van der Waals surface area (Å²) in [6.45, 7) is 3.04. The first-order valence-electron chi connectivity index (χ1n) is 6.52. The minimum Gasteiger partial charge on any atom is -0.497 e. The van der Waals surface area contributed by atoms with E-state index in [9.17, 15) is 0 Å². The smallest absolute Gasteiger partial charge is 0.118 e. The van der Waals surface area contributed by atoms with Crippen LogP contribution in [0.4, 0.5) is 0 Å². The number of nitrogens with one attached hydrogen (secondary N) is 1. The van der Waals surface area contributed by atoms with Crippen molar-refractivity contribution in [1.29, 1.82) is 0 Å². The SMILES string of the molecule is COc1ccc(CC(C)NCc2ccnn2C)cc1. The van der Waals surface area contributed by atoms with E-state index in [1.54, 1.807) is 7.11 Å². The molecule has 1 aromatic heterocycles. The first kappa shape index (κ1) is 13.6. The van der Waals surface area contributed by atoms with Gasteiger partial charge in [0.15, 0.2) is 0 Å². The van der Waals surface area contributed by atoms with Crippen molar-refractivity contribution in [2.45, 2.75) is 25.9 Å². The van der Waals surface area contributed by atoms with Crippen molar-refractivity contribution in [3.8, 4) is 5.75 Å². The van der Waals surface area contributed by atoms with Crippen LogP contribution in [-0.4, -0.2) is 22.9 Å². The lowest BCUT2D eigenvalue weighted by atomic mass is 10.1. The Kier molecular flexibility index (Phi) is 4.58. The lowest BCUT2D eigenvalue weighted by Crippen LogP contribution is -2.28. The van der Waals surface area contributed by atoms with Crippen LogP contribution in [0.1, 0.15) is 18.2 Å². The monoisotopic (exact) mass is 259 g/mol. The van der Waals surface area contributed by atoms with Crippen molar-refractivity contribution < 1.29 is 4.74 Å². The van der Waals surface area contributed by atoms with Gasteiger partial charge in [-0.2, -0.15) is 5.10 Å². The molecule has 0 bridgehead atoms. The summed E-state index contributed by atoms with van der Waals surface area (Å²) in [6, 6.07) is 10.7. The summed E-state index contributed by atoms with van der Waals surface area (Å²) in [7, 11) is 3.65. The van der Waals surface area contributed by atoms with Gasteiger partial charge in [0.25, 0.3) is 0 Å². The molecule has 19 heavy (non-hydrogen) atoms. The van der Waals surface area contributed by atoms with E-state index in [1.165, 1.54) is 11.3 Å². The van der Waals surface area contributed by atoms with Crippen LogP contribution >= 0.6 is 0 Å². The molecule has 1 heterocycles. The summed E-state index contributed by atoms with van der Waals surface area (Å²) < 4.78 is 7.05. The lowest BCUT2D eigenvalue weighted by Gasteiger charge is -2.14. The third kappa shape index (κ3) is 3.83. The molecule has 4 heteroatoms. The van der Waals surface area contributed by atoms with E-state index in [2.05, 4.69) is 29.5 Å². The van der Waals surface area contributed by atoms with Gasteiger partial charge in [0.05, 0.1) is 12.8 Å². The first-order chi connectivity index (χ1) is 9.19. The number of hydrogen-bond donors (Lipinski definition) is 1. The topological polar surface area (TPSA) is 39.1 Å². The van der Waals surface area contributed by atoms with Crippen molar-refractivity contribution >= 4 is 0 Å². The molecule has 2 rings (SSSR count).